The van der Waals surface area contributed by atoms with E-state index >= 15 is 0 Å². The van der Waals surface area contributed by atoms with Gasteiger partial charge in [-0.15, -0.1) is 4.99 Å². The van der Waals surface area contributed by atoms with Gasteiger partial charge >= 0.3 is 6.09 Å². The van der Waals surface area contributed by atoms with Crippen molar-refractivity contribution in [2.75, 3.05) is 18.0 Å². The van der Waals surface area contributed by atoms with Crippen molar-refractivity contribution < 1.29 is 9.53 Å². The zero-order valence-electron chi connectivity index (χ0n) is 17.1. The number of guanidine groups is 1. The van der Waals surface area contributed by atoms with E-state index in [2.05, 4.69) is 15.3 Å². The van der Waals surface area contributed by atoms with Gasteiger partial charge in [0.25, 0.3) is 0 Å². The first-order chi connectivity index (χ1) is 13.3. The average Bonchev–Trinajstić information content (AvgIpc) is 2.62. The molecule has 154 valence electrons. The summed E-state index contributed by atoms with van der Waals surface area (Å²) >= 11 is 0. The summed E-state index contributed by atoms with van der Waals surface area (Å²) in [6.45, 7) is 6.87. The van der Waals surface area contributed by atoms with E-state index < -0.39 is 5.60 Å². The fourth-order valence-electron chi connectivity index (χ4n) is 2.62. The third-order valence-electron chi connectivity index (χ3n) is 3.89. The SMILES string of the molecule is CC(C)(C)OC(=O)NCCCCCCCCN(C(N)=NC#N)c1ccncc1. The molecular weight excluding hydrogens is 356 g/mol. The number of anilines is 1. The van der Waals surface area contributed by atoms with Crippen LogP contribution in [0.15, 0.2) is 29.5 Å². The van der Waals surface area contributed by atoms with Gasteiger partial charge in [-0.2, -0.15) is 5.26 Å². The van der Waals surface area contributed by atoms with Gasteiger partial charge in [-0.25, -0.2) is 4.79 Å². The lowest BCUT2D eigenvalue weighted by Crippen LogP contribution is -2.38. The van der Waals surface area contributed by atoms with Crippen LogP contribution in [-0.2, 0) is 4.74 Å². The fraction of sp³-hybridized carbons (Fsp3) is 0.600. The molecule has 0 aromatic carbocycles. The van der Waals surface area contributed by atoms with Gasteiger partial charge in [0.05, 0.1) is 0 Å². The lowest BCUT2D eigenvalue weighted by atomic mass is 10.1. The van der Waals surface area contributed by atoms with E-state index in [1.54, 1.807) is 18.6 Å². The molecule has 0 bridgehead atoms. The van der Waals surface area contributed by atoms with E-state index in [4.69, 9.17) is 15.7 Å². The van der Waals surface area contributed by atoms with Gasteiger partial charge in [-0.05, 0) is 45.7 Å². The Morgan fingerprint density at radius 2 is 1.82 bits per heavy atom. The molecule has 0 radical (unpaired) electrons. The quantitative estimate of drug-likeness (QED) is 0.274. The highest BCUT2D eigenvalue weighted by Crippen LogP contribution is 2.14. The second-order valence-corrected chi connectivity index (χ2v) is 7.48. The number of ether oxygens (including phenoxy) is 1. The Bertz CT molecular complexity index is 649. The first-order valence-corrected chi connectivity index (χ1v) is 9.70. The van der Waals surface area contributed by atoms with E-state index in [9.17, 15) is 4.79 Å². The first-order valence-electron chi connectivity index (χ1n) is 9.70. The Kier molecular flexibility index (Phi) is 10.4. The average molecular weight is 389 g/mol. The molecule has 8 heteroatoms. The summed E-state index contributed by atoms with van der Waals surface area (Å²) in [6, 6.07) is 3.69. The third-order valence-corrected chi connectivity index (χ3v) is 3.89. The number of aromatic nitrogens is 1. The van der Waals surface area contributed by atoms with Gasteiger partial charge in [0.2, 0.25) is 12.2 Å². The Balaban J connectivity index is 2.19. The van der Waals surface area contributed by atoms with Crippen LogP contribution < -0.4 is 16.0 Å². The van der Waals surface area contributed by atoms with Crippen LogP contribution in [0.3, 0.4) is 0 Å². The van der Waals surface area contributed by atoms with E-state index in [1.165, 1.54) is 0 Å². The molecule has 0 fully saturated rings. The molecule has 0 aliphatic heterocycles. The highest BCUT2D eigenvalue weighted by atomic mass is 16.6. The number of carbonyl (C=O) groups is 1. The molecule has 3 N–H and O–H groups in total. The van der Waals surface area contributed by atoms with Gasteiger partial charge in [-0.3, -0.25) is 4.98 Å². The maximum absolute atomic E-state index is 11.5. The van der Waals surface area contributed by atoms with Crippen molar-refractivity contribution in [2.45, 2.75) is 64.9 Å². The van der Waals surface area contributed by atoms with Crippen LogP contribution in [0.25, 0.3) is 0 Å². The van der Waals surface area contributed by atoms with Crippen LogP contribution in [0.2, 0.25) is 0 Å². The van der Waals surface area contributed by atoms with E-state index in [-0.39, 0.29) is 12.1 Å². The highest BCUT2D eigenvalue weighted by Gasteiger charge is 2.15. The minimum atomic E-state index is -0.463. The second kappa shape index (κ2) is 12.5. The predicted molar refractivity (Wildman–Crippen MR) is 111 cm³/mol. The number of aliphatic imine (C=N–C) groups is 1. The van der Waals surface area contributed by atoms with Crippen LogP contribution in [0, 0.1) is 11.5 Å². The number of unbranched alkanes of at least 4 members (excludes halogenated alkanes) is 5. The molecular formula is C20H32N6O2. The molecule has 1 aromatic rings. The summed E-state index contributed by atoms with van der Waals surface area (Å²) in [5, 5.41) is 11.5. The molecule has 0 spiro atoms. The van der Waals surface area contributed by atoms with E-state index in [0.29, 0.717) is 13.1 Å². The van der Waals surface area contributed by atoms with Crippen molar-refractivity contribution in [1.29, 1.82) is 5.26 Å². The largest absolute Gasteiger partial charge is 0.444 e. The number of amides is 1. The van der Waals surface area contributed by atoms with Gasteiger partial charge in [-0.1, -0.05) is 25.7 Å². The van der Waals surface area contributed by atoms with Crippen molar-refractivity contribution in [3.63, 3.8) is 0 Å². The topological polar surface area (TPSA) is 117 Å². The molecule has 1 heterocycles. The minimum Gasteiger partial charge on any atom is -0.444 e. The third kappa shape index (κ3) is 10.4. The van der Waals surface area contributed by atoms with Crippen molar-refractivity contribution >= 4 is 17.7 Å². The molecule has 0 unspecified atom stereocenters. The van der Waals surface area contributed by atoms with Crippen molar-refractivity contribution in [3.05, 3.63) is 24.5 Å². The van der Waals surface area contributed by atoms with Crippen LogP contribution >= 0.6 is 0 Å². The summed E-state index contributed by atoms with van der Waals surface area (Å²) < 4.78 is 5.19. The van der Waals surface area contributed by atoms with Gasteiger partial charge in [0.15, 0.2) is 0 Å². The molecule has 28 heavy (non-hydrogen) atoms. The van der Waals surface area contributed by atoms with Crippen molar-refractivity contribution in [3.8, 4) is 6.19 Å². The van der Waals surface area contributed by atoms with Gasteiger partial charge < -0.3 is 20.7 Å². The summed E-state index contributed by atoms with van der Waals surface area (Å²) in [5.41, 5.74) is 6.32. The molecule has 0 saturated carbocycles. The molecule has 1 aromatic heterocycles. The summed E-state index contributed by atoms with van der Waals surface area (Å²) in [4.78, 5) is 21.0. The number of rotatable bonds is 10. The zero-order valence-corrected chi connectivity index (χ0v) is 17.1. The Morgan fingerprint density at radius 3 is 2.43 bits per heavy atom. The smallest absolute Gasteiger partial charge is 0.407 e. The number of hydrogen-bond donors (Lipinski definition) is 2. The van der Waals surface area contributed by atoms with Crippen LogP contribution in [0.4, 0.5) is 10.5 Å². The van der Waals surface area contributed by atoms with Crippen molar-refractivity contribution in [2.24, 2.45) is 10.7 Å². The number of nitrogens with zero attached hydrogens (tertiary/aromatic N) is 4. The number of nitrogens with two attached hydrogens (primary N) is 1. The number of nitrogens with one attached hydrogen (secondary N) is 1. The Morgan fingerprint density at radius 1 is 1.21 bits per heavy atom. The van der Waals surface area contributed by atoms with E-state index in [0.717, 1.165) is 44.2 Å². The summed E-state index contributed by atoms with van der Waals surface area (Å²) in [7, 11) is 0. The molecule has 0 aliphatic carbocycles. The monoisotopic (exact) mass is 388 g/mol. The minimum absolute atomic E-state index is 0.196. The lowest BCUT2D eigenvalue weighted by molar-refractivity contribution is 0.0527. The predicted octanol–water partition coefficient (Wildman–Crippen LogP) is 3.55. The van der Waals surface area contributed by atoms with Gasteiger partial charge in [0, 0.05) is 31.2 Å². The number of carbonyl (C=O) groups excluding carboxylic acids is 1. The number of nitriles is 1. The second-order valence-electron chi connectivity index (χ2n) is 7.48. The summed E-state index contributed by atoms with van der Waals surface area (Å²) in [5.74, 6) is 0.196. The normalized spacial score (nSPS) is 11.6. The first kappa shape index (κ1) is 23.2. The molecule has 0 saturated heterocycles. The maximum Gasteiger partial charge on any atom is 0.407 e. The van der Waals surface area contributed by atoms with Crippen LogP contribution in [0.5, 0.6) is 0 Å². The lowest BCUT2D eigenvalue weighted by Gasteiger charge is -2.22. The number of hydrogen-bond acceptors (Lipinski definition) is 5. The molecule has 1 amide bonds. The zero-order chi connectivity index (χ0) is 20.8. The van der Waals surface area contributed by atoms with Crippen LogP contribution in [-0.4, -0.2) is 35.7 Å². The molecule has 8 nitrogen and oxygen atoms in total. The number of pyridine rings is 1. The molecule has 1 rings (SSSR count). The Labute approximate surface area is 167 Å². The standard InChI is InChI=1S/C20H32N6O2/c1-20(2,3)28-19(27)24-12-8-6-4-5-7-9-15-26(18(22)25-16-21)17-10-13-23-14-11-17/h10-11,13-14H,4-9,12,15H2,1-3H3,(H2,22,25)(H,24,27). The molecule has 0 atom stereocenters. The molecule has 0 aliphatic rings. The maximum atomic E-state index is 11.5. The van der Waals surface area contributed by atoms with E-state index in [1.807, 2.05) is 37.8 Å². The fourth-order valence-corrected chi connectivity index (χ4v) is 2.62. The van der Waals surface area contributed by atoms with Crippen LogP contribution in [0.1, 0.15) is 59.3 Å². The summed E-state index contributed by atoms with van der Waals surface area (Å²) in [6.07, 6.45) is 11.0. The Hall–Kier alpha value is -2.82. The number of alkyl carbamates (subject to hydrolysis) is 1. The highest BCUT2D eigenvalue weighted by molar-refractivity contribution is 5.95. The van der Waals surface area contributed by atoms with Gasteiger partial charge in [0.1, 0.15) is 5.60 Å². The van der Waals surface area contributed by atoms with Crippen molar-refractivity contribution in [1.82, 2.24) is 10.3 Å².